The van der Waals surface area contributed by atoms with E-state index in [-0.39, 0.29) is 5.69 Å². The molecule has 1 aromatic carbocycles. The Hall–Kier alpha value is -2.01. The summed E-state index contributed by atoms with van der Waals surface area (Å²) in [4.78, 5) is 11.0. The van der Waals surface area contributed by atoms with E-state index in [0.29, 0.717) is 22.0 Å². The first-order chi connectivity index (χ1) is 8.52. The Morgan fingerprint density at radius 2 is 2.17 bits per heavy atom. The topological polar surface area (TPSA) is 64.3 Å². The maximum atomic E-state index is 11.0. The third-order valence-corrected chi connectivity index (χ3v) is 2.77. The highest BCUT2D eigenvalue weighted by Gasteiger charge is 2.15. The molecule has 0 bridgehead atoms. The smallest absolute Gasteiger partial charge is 0.354 e. The summed E-state index contributed by atoms with van der Waals surface area (Å²) in [5.74, 6) is -0.438. The number of hydrogen-bond acceptors (Lipinski definition) is 3. The summed E-state index contributed by atoms with van der Waals surface area (Å²) in [6.45, 7) is 0. The van der Waals surface area contributed by atoms with Crippen molar-refractivity contribution in [3.63, 3.8) is 0 Å². The van der Waals surface area contributed by atoms with E-state index in [1.807, 2.05) is 0 Å². The molecule has 1 heterocycles. The highest BCUT2D eigenvalue weighted by Crippen LogP contribution is 2.31. The fraction of sp³-hybridized carbons (Fsp3) is 0.167. The maximum absolute atomic E-state index is 11.0. The number of ether oxygens (including phenoxy) is 1. The van der Waals surface area contributed by atoms with Gasteiger partial charge in [0.05, 0.1) is 12.8 Å². The minimum Gasteiger partial charge on any atom is -0.496 e. The number of nitrogens with zero attached hydrogens (tertiary/aromatic N) is 2. The summed E-state index contributed by atoms with van der Waals surface area (Å²) in [6.07, 6.45) is 0. The van der Waals surface area contributed by atoms with E-state index in [9.17, 15) is 4.79 Å². The van der Waals surface area contributed by atoms with Crippen molar-refractivity contribution >= 4 is 17.6 Å². The van der Waals surface area contributed by atoms with Gasteiger partial charge in [-0.1, -0.05) is 11.6 Å². The fourth-order valence-electron chi connectivity index (χ4n) is 1.68. The molecule has 0 amide bonds. The summed E-state index contributed by atoms with van der Waals surface area (Å²) in [5, 5.41) is 13.7. The molecule has 0 fully saturated rings. The molecule has 0 aliphatic heterocycles. The number of halogens is 1. The summed E-state index contributed by atoms with van der Waals surface area (Å²) in [7, 11) is 3.11. The van der Waals surface area contributed by atoms with Crippen LogP contribution < -0.4 is 4.74 Å². The third kappa shape index (κ3) is 2.17. The number of hydrogen-bond donors (Lipinski definition) is 1. The van der Waals surface area contributed by atoms with Gasteiger partial charge in [-0.15, -0.1) is 0 Å². The Balaban J connectivity index is 2.58. The molecule has 0 saturated carbocycles. The second-order valence-corrected chi connectivity index (χ2v) is 4.12. The van der Waals surface area contributed by atoms with E-state index in [1.54, 1.807) is 25.2 Å². The zero-order chi connectivity index (χ0) is 13.3. The average Bonchev–Trinajstić information content (AvgIpc) is 2.71. The SMILES string of the molecule is COc1ccc(Cl)cc1-c1cc(C(=O)O)n(C)n1. The van der Waals surface area contributed by atoms with E-state index in [4.69, 9.17) is 21.4 Å². The molecular weight excluding hydrogens is 256 g/mol. The van der Waals surface area contributed by atoms with Crippen LogP contribution in [0.5, 0.6) is 5.75 Å². The number of carbonyl (C=O) groups is 1. The molecule has 0 unspecified atom stereocenters. The van der Waals surface area contributed by atoms with Gasteiger partial charge in [0, 0.05) is 17.6 Å². The van der Waals surface area contributed by atoms with E-state index in [1.165, 1.54) is 17.9 Å². The van der Waals surface area contributed by atoms with Crippen LogP contribution in [0.25, 0.3) is 11.3 Å². The van der Waals surface area contributed by atoms with Gasteiger partial charge in [-0.05, 0) is 24.3 Å². The number of rotatable bonds is 3. The zero-order valence-corrected chi connectivity index (χ0v) is 10.6. The molecule has 0 aliphatic rings. The van der Waals surface area contributed by atoms with Crippen LogP contribution in [0.4, 0.5) is 0 Å². The lowest BCUT2D eigenvalue weighted by Crippen LogP contribution is -2.04. The van der Waals surface area contributed by atoms with Crippen LogP contribution in [0.3, 0.4) is 0 Å². The predicted octanol–water partition coefficient (Wildman–Crippen LogP) is 2.45. The molecule has 1 aromatic heterocycles. The van der Waals surface area contributed by atoms with Gasteiger partial charge in [0.1, 0.15) is 11.4 Å². The monoisotopic (exact) mass is 266 g/mol. The summed E-state index contributed by atoms with van der Waals surface area (Å²) >= 11 is 5.93. The van der Waals surface area contributed by atoms with E-state index in [2.05, 4.69) is 5.10 Å². The molecule has 2 rings (SSSR count). The number of methoxy groups -OCH3 is 1. The van der Waals surface area contributed by atoms with Gasteiger partial charge >= 0.3 is 5.97 Å². The maximum Gasteiger partial charge on any atom is 0.354 e. The van der Waals surface area contributed by atoms with Crippen LogP contribution >= 0.6 is 11.6 Å². The second-order valence-electron chi connectivity index (χ2n) is 3.69. The fourth-order valence-corrected chi connectivity index (χ4v) is 1.85. The van der Waals surface area contributed by atoms with Crippen LogP contribution in [-0.4, -0.2) is 28.0 Å². The standard InChI is InChI=1S/C12H11ClN2O3/c1-15-10(12(16)17)6-9(14-15)8-5-7(13)3-4-11(8)18-2/h3-6H,1-2H3,(H,16,17). The van der Waals surface area contributed by atoms with Crippen molar-refractivity contribution in [1.29, 1.82) is 0 Å². The lowest BCUT2D eigenvalue weighted by molar-refractivity contribution is 0.0685. The zero-order valence-electron chi connectivity index (χ0n) is 9.85. The van der Waals surface area contributed by atoms with Crippen LogP contribution in [0, 0.1) is 0 Å². The van der Waals surface area contributed by atoms with Crippen molar-refractivity contribution in [2.24, 2.45) is 7.05 Å². The molecule has 2 aromatic rings. The summed E-state index contributed by atoms with van der Waals surface area (Å²) < 4.78 is 6.51. The van der Waals surface area contributed by atoms with Gasteiger partial charge in [0.2, 0.25) is 0 Å². The molecule has 18 heavy (non-hydrogen) atoms. The molecule has 6 heteroatoms. The highest BCUT2D eigenvalue weighted by atomic mass is 35.5. The minimum atomic E-state index is -1.03. The number of carboxylic acid groups (broad SMARTS) is 1. The van der Waals surface area contributed by atoms with Crippen LogP contribution in [0.1, 0.15) is 10.5 Å². The van der Waals surface area contributed by atoms with Crippen molar-refractivity contribution in [3.8, 4) is 17.0 Å². The molecule has 0 saturated heterocycles. The normalized spacial score (nSPS) is 10.4. The van der Waals surface area contributed by atoms with Crippen molar-refractivity contribution < 1.29 is 14.6 Å². The first-order valence-electron chi connectivity index (χ1n) is 5.14. The molecular formula is C12H11ClN2O3. The second kappa shape index (κ2) is 4.70. The average molecular weight is 267 g/mol. The predicted molar refractivity (Wildman–Crippen MR) is 67.2 cm³/mol. The van der Waals surface area contributed by atoms with Gasteiger partial charge in [0.15, 0.2) is 0 Å². The van der Waals surface area contributed by atoms with E-state index >= 15 is 0 Å². The molecule has 0 atom stereocenters. The Bertz CT molecular complexity index is 607. The molecule has 0 aliphatic carbocycles. The molecule has 94 valence electrons. The van der Waals surface area contributed by atoms with Crippen LogP contribution in [-0.2, 0) is 7.05 Å². The van der Waals surface area contributed by atoms with Gasteiger partial charge in [0.25, 0.3) is 0 Å². The van der Waals surface area contributed by atoms with Crippen molar-refractivity contribution in [1.82, 2.24) is 9.78 Å². The minimum absolute atomic E-state index is 0.104. The van der Waals surface area contributed by atoms with Crippen molar-refractivity contribution in [2.75, 3.05) is 7.11 Å². The van der Waals surface area contributed by atoms with Crippen LogP contribution in [0.15, 0.2) is 24.3 Å². The van der Waals surface area contributed by atoms with Gasteiger partial charge in [-0.25, -0.2) is 4.79 Å². The molecule has 0 radical (unpaired) electrons. The molecule has 5 nitrogen and oxygen atoms in total. The van der Waals surface area contributed by atoms with E-state index < -0.39 is 5.97 Å². The summed E-state index contributed by atoms with van der Waals surface area (Å²) in [6, 6.07) is 6.59. The molecule has 0 spiro atoms. The quantitative estimate of drug-likeness (QED) is 0.927. The number of aromatic carboxylic acids is 1. The van der Waals surface area contributed by atoms with Gasteiger partial charge < -0.3 is 9.84 Å². The first-order valence-corrected chi connectivity index (χ1v) is 5.52. The number of benzene rings is 1. The Morgan fingerprint density at radius 1 is 1.44 bits per heavy atom. The van der Waals surface area contributed by atoms with Crippen molar-refractivity contribution in [2.45, 2.75) is 0 Å². The number of aryl methyl sites for hydroxylation is 1. The Kier molecular flexibility index (Phi) is 3.25. The Morgan fingerprint density at radius 3 is 2.72 bits per heavy atom. The number of carboxylic acids is 1. The van der Waals surface area contributed by atoms with E-state index in [0.717, 1.165) is 0 Å². The first kappa shape index (κ1) is 12.4. The lowest BCUT2D eigenvalue weighted by Gasteiger charge is -2.06. The summed E-state index contributed by atoms with van der Waals surface area (Å²) in [5.41, 5.74) is 1.27. The highest BCUT2D eigenvalue weighted by molar-refractivity contribution is 6.31. The Labute approximate surface area is 109 Å². The number of aromatic nitrogens is 2. The largest absolute Gasteiger partial charge is 0.496 e. The van der Waals surface area contributed by atoms with Gasteiger partial charge in [-0.2, -0.15) is 5.10 Å². The van der Waals surface area contributed by atoms with Gasteiger partial charge in [-0.3, -0.25) is 4.68 Å². The third-order valence-electron chi connectivity index (χ3n) is 2.54. The van der Waals surface area contributed by atoms with Crippen LogP contribution in [0.2, 0.25) is 5.02 Å². The lowest BCUT2D eigenvalue weighted by atomic mass is 10.1. The van der Waals surface area contributed by atoms with Crippen molar-refractivity contribution in [3.05, 3.63) is 35.0 Å². The molecule has 1 N–H and O–H groups in total.